The first-order chi connectivity index (χ1) is 17.7. The van der Waals surface area contributed by atoms with Crippen molar-refractivity contribution in [1.82, 2.24) is 10.1 Å². The van der Waals surface area contributed by atoms with Gasteiger partial charge in [-0.3, -0.25) is 0 Å². The summed E-state index contributed by atoms with van der Waals surface area (Å²) in [6, 6.07) is 22.7. The van der Waals surface area contributed by atoms with Crippen molar-refractivity contribution in [3.05, 3.63) is 89.2 Å². The molecule has 0 amide bonds. The summed E-state index contributed by atoms with van der Waals surface area (Å²) in [7, 11) is 0. The Hall–Kier alpha value is -3.74. The molecule has 184 valence electrons. The molecule has 2 aromatic heterocycles. The molecule has 6 rings (SSSR count). The Bertz CT molecular complexity index is 1800. The molecule has 0 spiro atoms. The highest BCUT2D eigenvalue weighted by Gasteiger charge is 2.25. The molecule has 4 aromatic carbocycles. The summed E-state index contributed by atoms with van der Waals surface area (Å²) in [5.41, 5.74) is 2.79. The second-order valence-corrected chi connectivity index (χ2v) is 11.4. The quantitative estimate of drug-likeness (QED) is 0.248. The lowest BCUT2D eigenvalue weighted by Crippen LogP contribution is -2.11. The molecule has 1 N–H and O–H groups in total. The number of aromatic hydroxyl groups is 1. The molecule has 0 bridgehead atoms. The SMILES string of the molecule is CC(C)(C)c1cc(-c2noc(-c3c(F)cccc3Cl)n2)c(O)c(-c2cccc3c2sc2ccccc23)c1. The Morgan fingerprint density at radius 1 is 0.892 bits per heavy atom. The monoisotopic (exact) mass is 528 g/mol. The van der Waals surface area contributed by atoms with Crippen LogP contribution in [0.15, 0.2) is 77.3 Å². The Morgan fingerprint density at radius 3 is 2.41 bits per heavy atom. The zero-order chi connectivity index (χ0) is 25.9. The van der Waals surface area contributed by atoms with Gasteiger partial charge in [0.2, 0.25) is 5.82 Å². The second kappa shape index (κ2) is 8.68. The predicted octanol–water partition coefficient (Wildman–Crippen LogP) is 9.23. The van der Waals surface area contributed by atoms with Crippen LogP contribution < -0.4 is 0 Å². The number of fused-ring (bicyclic) bond motifs is 3. The average molecular weight is 529 g/mol. The van der Waals surface area contributed by atoms with Crippen LogP contribution in [0.2, 0.25) is 5.02 Å². The Morgan fingerprint density at radius 2 is 1.62 bits per heavy atom. The summed E-state index contributed by atoms with van der Waals surface area (Å²) in [6.45, 7) is 6.31. The van der Waals surface area contributed by atoms with Crippen LogP contribution in [0.5, 0.6) is 5.75 Å². The van der Waals surface area contributed by atoms with E-state index < -0.39 is 5.82 Å². The summed E-state index contributed by atoms with van der Waals surface area (Å²) in [5.74, 6) is -0.424. The third-order valence-corrected chi connectivity index (χ3v) is 8.05. The fraction of sp³-hybridized carbons (Fsp3) is 0.133. The lowest BCUT2D eigenvalue weighted by atomic mass is 9.83. The van der Waals surface area contributed by atoms with Gasteiger partial charge in [0, 0.05) is 31.3 Å². The summed E-state index contributed by atoms with van der Waals surface area (Å²) in [6.07, 6.45) is 0. The topological polar surface area (TPSA) is 59.2 Å². The van der Waals surface area contributed by atoms with E-state index in [0.29, 0.717) is 11.1 Å². The molecule has 0 atom stereocenters. The molecule has 0 saturated heterocycles. The van der Waals surface area contributed by atoms with Crippen molar-refractivity contribution in [2.75, 3.05) is 0 Å². The van der Waals surface area contributed by atoms with E-state index in [-0.39, 0.29) is 33.5 Å². The summed E-state index contributed by atoms with van der Waals surface area (Å²) in [4.78, 5) is 4.43. The van der Waals surface area contributed by atoms with E-state index in [9.17, 15) is 9.50 Å². The number of phenols is 1. The van der Waals surface area contributed by atoms with Crippen LogP contribution in [0.3, 0.4) is 0 Å². The van der Waals surface area contributed by atoms with Gasteiger partial charge in [0.25, 0.3) is 5.89 Å². The smallest absolute Gasteiger partial charge is 0.262 e. The summed E-state index contributed by atoms with van der Waals surface area (Å²) < 4.78 is 22.2. The number of rotatable bonds is 3. The molecule has 0 aliphatic rings. The largest absolute Gasteiger partial charge is 0.507 e. The lowest BCUT2D eigenvalue weighted by molar-refractivity contribution is 0.428. The number of hydrogen-bond donors (Lipinski definition) is 1. The maximum atomic E-state index is 14.5. The van der Waals surface area contributed by atoms with Crippen molar-refractivity contribution in [1.29, 1.82) is 0 Å². The number of aromatic nitrogens is 2. The van der Waals surface area contributed by atoms with Crippen LogP contribution in [0, 0.1) is 5.82 Å². The minimum Gasteiger partial charge on any atom is -0.507 e. The average Bonchev–Trinajstić information content (AvgIpc) is 3.48. The molecule has 37 heavy (non-hydrogen) atoms. The van der Waals surface area contributed by atoms with Crippen LogP contribution in [-0.4, -0.2) is 15.2 Å². The molecule has 6 aromatic rings. The van der Waals surface area contributed by atoms with Crippen LogP contribution in [0.1, 0.15) is 26.3 Å². The zero-order valence-electron chi connectivity index (χ0n) is 20.3. The molecule has 0 unspecified atom stereocenters. The van der Waals surface area contributed by atoms with Crippen molar-refractivity contribution in [2.24, 2.45) is 0 Å². The molecular weight excluding hydrogens is 507 g/mol. The Kier molecular flexibility index (Phi) is 5.55. The molecule has 4 nitrogen and oxygen atoms in total. The number of hydrogen-bond acceptors (Lipinski definition) is 5. The molecule has 0 aliphatic heterocycles. The van der Waals surface area contributed by atoms with Crippen LogP contribution in [-0.2, 0) is 5.41 Å². The minimum absolute atomic E-state index is 0.0321. The van der Waals surface area contributed by atoms with Crippen molar-refractivity contribution in [2.45, 2.75) is 26.2 Å². The van der Waals surface area contributed by atoms with E-state index in [1.807, 2.05) is 36.4 Å². The number of benzene rings is 4. The summed E-state index contributed by atoms with van der Waals surface area (Å²) >= 11 is 7.91. The normalized spacial score (nSPS) is 12.0. The highest BCUT2D eigenvalue weighted by Crippen LogP contribution is 2.46. The first-order valence-electron chi connectivity index (χ1n) is 11.8. The van der Waals surface area contributed by atoms with E-state index >= 15 is 0 Å². The molecule has 0 saturated carbocycles. The number of thiophene rings is 1. The van der Waals surface area contributed by atoms with Crippen LogP contribution >= 0.6 is 22.9 Å². The van der Waals surface area contributed by atoms with Gasteiger partial charge >= 0.3 is 0 Å². The molecule has 0 aliphatic carbocycles. The van der Waals surface area contributed by atoms with Gasteiger partial charge in [0.1, 0.15) is 11.6 Å². The fourth-order valence-electron chi connectivity index (χ4n) is 4.54. The number of phenolic OH excluding ortho intramolecular Hbond substituents is 1. The van der Waals surface area contributed by atoms with Crippen molar-refractivity contribution < 1.29 is 14.0 Å². The van der Waals surface area contributed by atoms with Gasteiger partial charge in [0.15, 0.2) is 0 Å². The van der Waals surface area contributed by atoms with E-state index in [1.54, 1.807) is 17.4 Å². The molecule has 2 heterocycles. The van der Waals surface area contributed by atoms with Crippen molar-refractivity contribution >= 4 is 43.1 Å². The molecule has 7 heteroatoms. The maximum absolute atomic E-state index is 14.5. The van der Waals surface area contributed by atoms with Gasteiger partial charge in [0.05, 0.1) is 16.1 Å². The third-order valence-electron chi connectivity index (χ3n) is 6.51. The lowest BCUT2D eigenvalue weighted by Gasteiger charge is -2.22. The van der Waals surface area contributed by atoms with Gasteiger partial charge in [-0.05, 0) is 41.3 Å². The van der Waals surface area contributed by atoms with E-state index in [4.69, 9.17) is 16.1 Å². The molecule has 0 radical (unpaired) electrons. The molecule has 0 fully saturated rings. The summed E-state index contributed by atoms with van der Waals surface area (Å²) in [5, 5.41) is 18.2. The van der Waals surface area contributed by atoms with Crippen LogP contribution in [0.4, 0.5) is 4.39 Å². The number of nitrogens with zero attached hydrogens (tertiary/aromatic N) is 2. The fourth-order valence-corrected chi connectivity index (χ4v) is 6.01. The van der Waals surface area contributed by atoms with Crippen molar-refractivity contribution in [3.8, 4) is 39.7 Å². The van der Waals surface area contributed by atoms with Gasteiger partial charge in [-0.15, -0.1) is 11.3 Å². The third kappa shape index (κ3) is 3.97. The Balaban J connectivity index is 1.59. The predicted molar refractivity (Wildman–Crippen MR) is 149 cm³/mol. The minimum atomic E-state index is -0.563. The van der Waals surface area contributed by atoms with E-state index in [1.165, 1.54) is 22.2 Å². The van der Waals surface area contributed by atoms with Gasteiger partial charge in [-0.1, -0.05) is 80.0 Å². The van der Waals surface area contributed by atoms with Crippen molar-refractivity contribution in [3.63, 3.8) is 0 Å². The first kappa shape index (κ1) is 23.6. The second-order valence-electron chi connectivity index (χ2n) is 9.97. The first-order valence-corrected chi connectivity index (χ1v) is 13.0. The number of halogens is 2. The van der Waals surface area contributed by atoms with Gasteiger partial charge < -0.3 is 9.63 Å². The van der Waals surface area contributed by atoms with E-state index in [2.05, 4.69) is 49.1 Å². The van der Waals surface area contributed by atoms with E-state index in [0.717, 1.165) is 21.2 Å². The highest BCUT2D eigenvalue weighted by molar-refractivity contribution is 7.26. The van der Waals surface area contributed by atoms with Gasteiger partial charge in [-0.2, -0.15) is 4.98 Å². The molecular formula is C30H22ClFN2O2S. The van der Waals surface area contributed by atoms with Crippen LogP contribution in [0.25, 0.3) is 54.1 Å². The Labute approximate surface area is 222 Å². The standard InChI is InChI=1S/C30H22ClFN2O2S/c1-30(2,3)16-14-20(19-10-6-9-18-17-8-4-5-13-24(17)37-27(18)19)26(35)21(15-16)28-33-29(36-34-28)25-22(31)11-7-12-23(25)32/h4-15,35H,1-3H3. The highest BCUT2D eigenvalue weighted by atomic mass is 35.5. The maximum Gasteiger partial charge on any atom is 0.262 e. The zero-order valence-corrected chi connectivity index (χ0v) is 21.9. The van der Waals surface area contributed by atoms with Gasteiger partial charge in [-0.25, -0.2) is 4.39 Å².